The number of anilines is 1. The molecule has 1 N–H and O–H groups in total. The second-order valence-corrected chi connectivity index (χ2v) is 5.97. The summed E-state index contributed by atoms with van der Waals surface area (Å²) in [6, 6.07) is 14.1. The van der Waals surface area contributed by atoms with E-state index in [9.17, 15) is 14.4 Å². The van der Waals surface area contributed by atoms with Gasteiger partial charge in [0.15, 0.2) is 0 Å². The first-order chi connectivity index (χ1) is 13.0. The Bertz CT molecular complexity index is 1080. The number of benzene rings is 2. The molecule has 7 nitrogen and oxygen atoms in total. The van der Waals surface area contributed by atoms with Gasteiger partial charge in [0.1, 0.15) is 12.3 Å². The average Bonchev–Trinajstić information content (AvgIpc) is 2.67. The largest absolute Gasteiger partial charge is 0.497 e. The minimum absolute atomic E-state index is 0.255. The molecular weight excluding hydrogens is 346 g/mol. The zero-order valence-electron chi connectivity index (χ0n) is 15.0. The molecule has 0 spiro atoms. The highest BCUT2D eigenvalue weighted by Gasteiger charge is 2.11. The predicted octanol–water partition coefficient (Wildman–Crippen LogP) is 1.95. The van der Waals surface area contributed by atoms with E-state index in [4.69, 9.17) is 4.74 Å². The van der Waals surface area contributed by atoms with Gasteiger partial charge in [-0.2, -0.15) is 0 Å². The maximum atomic E-state index is 12.4. The molecule has 138 valence electrons. The number of ether oxygens (including phenoxy) is 1. The zero-order chi connectivity index (χ0) is 19.4. The summed E-state index contributed by atoms with van der Waals surface area (Å²) < 4.78 is 7.44. The van der Waals surface area contributed by atoms with Crippen LogP contribution in [-0.2, 0) is 11.3 Å². The fraction of sp³-hybridized carbons (Fsp3) is 0.150. The second kappa shape index (κ2) is 7.74. The lowest BCUT2D eigenvalue weighted by molar-refractivity contribution is -0.116. The molecule has 27 heavy (non-hydrogen) atoms. The Labute approximate surface area is 155 Å². The molecule has 0 aliphatic heterocycles. The summed E-state index contributed by atoms with van der Waals surface area (Å²) >= 11 is 0. The minimum atomic E-state index is -0.759. The SMILES string of the molecule is COc1ccc(NC(=O)Cn2ccn(-c3ccccc3C)c(=O)c2=O)cc1. The van der Waals surface area contributed by atoms with Crippen molar-refractivity contribution in [2.75, 3.05) is 12.4 Å². The van der Waals surface area contributed by atoms with Crippen molar-refractivity contribution in [1.29, 1.82) is 0 Å². The third-order valence-electron chi connectivity index (χ3n) is 4.12. The number of hydrogen-bond donors (Lipinski definition) is 1. The van der Waals surface area contributed by atoms with Crippen molar-refractivity contribution in [3.05, 3.63) is 87.2 Å². The van der Waals surface area contributed by atoms with Crippen LogP contribution in [0, 0.1) is 6.92 Å². The molecule has 7 heteroatoms. The van der Waals surface area contributed by atoms with Gasteiger partial charge in [0, 0.05) is 18.1 Å². The summed E-state index contributed by atoms with van der Waals surface area (Å²) in [4.78, 5) is 37.0. The lowest BCUT2D eigenvalue weighted by atomic mass is 10.2. The van der Waals surface area contributed by atoms with Gasteiger partial charge in [-0.25, -0.2) is 0 Å². The smallest absolute Gasteiger partial charge is 0.320 e. The highest BCUT2D eigenvalue weighted by molar-refractivity contribution is 5.90. The van der Waals surface area contributed by atoms with Gasteiger partial charge in [-0.05, 0) is 42.8 Å². The number of nitrogens with one attached hydrogen (secondary N) is 1. The van der Waals surface area contributed by atoms with E-state index in [2.05, 4.69) is 5.32 Å². The molecular formula is C20H19N3O4. The fourth-order valence-corrected chi connectivity index (χ4v) is 2.69. The minimum Gasteiger partial charge on any atom is -0.497 e. The first-order valence-corrected chi connectivity index (χ1v) is 8.31. The van der Waals surface area contributed by atoms with Crippen LogP contribution in [0.1, 0.15) is 5.56 Å². The number of rotatable bonds is 5. The number of aryl methyl sites for hydroxylation is 1. The van der Waals surface area contributed by atoms with E-state index in [1.165, 1.54) is 17.0 Å². The Morgan fingerprint density at radius 1 is 1.00 bits per heavy atom. The van der Waals surface area contributed by atoms with Gasteiger partial charge in [0.05, 0.1) is 12.8 Å². The van der Waals surface area contributed by atoms with Crippen molar-refractivity contribution in [2.45, 2.75) is 13.5 Å². The van der Waals surface area contributed by atoms with Gasteiger partial charge in [-0.3, -0.25) is 23.5 Å². The summed E-state index contributed by atoms with van der Waals surface area (Å²) in [6.07, 6.45) is 2.93. The van der Waals surface area contributed by atoms with Crippen LogP contribution in [-0.4, -0.2) is 22.2 Å². The van der Waals surface area contributed by atoms with Crippen molar-refractivity contribution in [3.8, 4) is 11.4 Å². The topological polar surface area (TPSA) is 82.3 Å². The Morgan fingerprint density at radius 2 is 1.70 bits per heavy atom. The molecule has 3 aromatic rings. The number of para-hydroxylation sites is 1. The molecule has 0 unspecified atom stereocenters. The molecule has 0 aliphatic rings. The van der Waals surface area contributed by atoms with Gasteiger partial charge in [0.25, 0.3) is 0 Å². The number of carbonyl (C=O) groups is 1. The standard InChI is InChI=1S/C20H19N3O4/c1-14-5-3-4-6-17(14)23-12-11-22(19(25)20(23)26)13-18(24)21-15-7-9-16(27-2)10-8-15/h3-12H,13H2,1-2H3,(H,21,24). The van der Waals surface area contributed by atoms with E-state index in [0.717, 1.165) is 10.1 Å². The predicted molar refractivity (Wildman–Crippen MR) is 103 cm³/mol. The van der Waals surface area contributed by atoms with Crippen LogP contribution in [0.15, 0.2) is 70.5 Å². The molecule has 1 amide bonds. The van der Waals surface area contributed by atoms with E-state index in [0.29, 0.717) is 17.1 Å². The quantitative estimate of drug-likeness (QED) is 0.701. The maximum absolute atomic E-state index is 12.4. The number of carbonyl (C=O) groups excluding carboxylic acids is 1. The highest BCUT2D eigenvalue weighted by atomic mass is 16.5. The fourth-order valence-electron chi connectivity index (χ4n) is 2.69. The molecule has 1 heterocycles. The van der Waals surface area contributed by atoms with Crippen molar-refractivity contribution in [2.24, 2.45) is 0 Å². The average molecular weight is 365 g/mol. The van der Waals surface area contributed by atoms with Gasteiger partial charge < -0.3 is 10.1 Å². The molecule has 2 aromatic carbocycles. The first kappa shape index (κ1) is 18.2. The van der Waals surface area contributed by atoms with Gasteiger partial charge in [-0.1, -0.05) is 18.2 Å². The third kappa shape index (κ3) is 3.98. The molecule has 0 aliphatic carbocycles. The molecule has 0 atom stereocenters. The zero-order valence-corrected chi connectivity index (χ0v) is 15.0. The van der Waals surface area contributed by atoms with Crippen LogP contribution in [0.25, 0.3) is 5.69 Å². The van der Waals surface area contributed by atoms with Gasteiger partial charge in [0.2, 0.25) is 5.91 Å². The van der Waals surface area contributed by atoms with E-state index in [1.54, 1.807) is 43.5 Å². The molecule has 0 saturated heterocycles. The summed E-state index contributed by atoms with van der Waals surface area (Å²) in [6.45, 7) is 1.60. The van der Waals surface area contributed by atoms with Crippen LogP contribution in [0.3, 0.4) is 0 Å². The lowest BCUT2D eigenvalue weighted by Gasteiger charge is -2.11. The first-order valence-electron chi connectivity index (χ1n) is 8.31. The number of amides is 1. The molecule has 3 rings (SSSR count). The summed E-state index contributed by atoms with van der Waals surface area (Å²) in [5.74, 6) is 0.263. The third-order valence-corrected chi connectivity index (χ3v) is 4.12. The Morgan fingerprint density at radius 3 is 2.37 bits per heavy atom. The molecule has 1 aromatic heterocycles. The monoisotopic (exact) mass is 365 g/mol. The van der Waals surface area contributed by atoms with Crippen LogP contribution < -0.4 is 21.2 Å². The van der Waals surface area contributed by atoms with Crippen LogP contribution >= 0.6 is 0 Å². The maximum Gasteiger partial charge on any atom is 0.320 e. The number of methoxy groups -OCH3 is 1. The van der Waals surface area contributed by atoms with Crippen LogP contribution in [0.4, 0.5) is 5.69 Å². The molecule has 0 radical (unpaired) electrons. The summed E-state index contributed by atoms with van der Waals surface area (Å²) in [7, 11) is 1.55. The second-order valence-electron chi connectivity index (χ2n) is 5.97. The normalized spacial score (nSPS) is 10.4. The van der Waals surface area contributed by atoms with Crippen molar-refractivity contribution < 1.29 is 9.53 Å². The Hall–Kier alpha value is -3.61. The van der Waals surface area contributed by atoms with E-state index < -0.39 is 17.0 Å². The van der Waals surface area contributed by atoms with E-state index in [-0.39, 0.29) is 6.54 Å². The molecule has 0 bridgehead atoms. The van der Waals surface area contributed by atoms with E-state index in [1.807, 2.05) is 19.1 Å². The Kier molecular flexibility index (Phi) is 5.21. The number of hydrogen-bond acceptors (Lipinski definition) is 4. The summed E-state index contributed by atoms with van der Waals surface area (Å²) in [5, 5.41) is 2.68. The van der Waals surface area contributed by atoms with Crippen LogP contribution in [0.5, 0.6) is 5.75 Å². The van der Waals surface area contributed by atoms with Crippen molar-refractivity contribution >= 4 is 11.6 Å². The van der Waals surface area contributed by atoms with Gasteiger partial charge in [-0.15, -0.1) is 0 Å². The molecule has 0 fully saturated rings. The van der Waals surface area contributed by atoms with E-state index >= 15 is 0 Å². The van der Waals surface area contributed by atoms with Crippen molar-refractivity contribution in [3.63, 3.8) is 0 Å². The highest BCUT2D eigenvalue weighted by Crippen LogP contribution is 2.15. The Balaban J connectivity index is 1.80. The number of nitrogens with zero attached hydrogens (tertiary/aromatic N) is 2. The van der Waals surface area contributed by atoms with Crippen LogP contribution in [0.2, 0.25) is 0 Å². The summed E-state index contributed by atoms with van der Waals surface area (Å²) in [5.41, 5.74) is 0.611. The van der Waals surface area contributed by atoms with Gasteiger partial charge >= 0.3 is 11.1 Å². The van der Waals surface area contributed by atoms with Crippen molar-refractivity contribution in [1.82, 2.24) is 9.13 Å². The lowest BCUT2D eigenvalue weighted by Crippen LogP contribution is -2.41. The molecule has 0 saturated carbocycles. The number of aromatic nitrogens is 2.